The van der Waals surface area contributed by atoms with E-state index in [1.54, 1.807) is 0 Å². The van der Waals surface area contributed by atoms with Crippen molar-refractivity contribution in [3.05, 3.63) is 67.4 Å². The number of anilines is 1. The molecule has 1 N–H and O–H groups in total. The van der Waals surface area contributed by atoms with Crippen LogP contribution in [-0.2, 0) is 0 Å². The molecule has 0 heterocycles. The standard InChI is InChI=1S/C13H7BrClFN2O3/c14-8-2-1-3-10(16)12(8)13(19)17-11-5-4-7(18(20)21)6-9(11)15/h1-6H,(H,17,19). The number of carbonyl (C=O) groups excluding carboxylic acids is 1. The summed E-state index contributed by atoms with van der Waals surface area (Å²) in [7, 11) is 0. The van der Waals surface area contributed by atoms with Crippen LogP contribution in [0.4, 0.5) is 15.8 Å². The molecule has 0 aliphatic carbocycles. The maximum atomic E-state index is 13.7. The molecule has 108 valence electrons. The number of carbonyl (C=O) groups is 1. The van der Waals surface area contributed by atoms with Crippen molar-refractivity contribution in [1.82, 2.24) is 0 Å². The molecule has 0 radical (unpaired) electrons. The first-order chi connectivity index (χ1) is 9.90. The smallest absolute Gasteiger partial charge is 0.271 e. The van der Waals surface area contributed by atoms with E-state index < -0.39 is 16.6 Å². The zero-order valence-electron chi connectivity index (χ0n) is 10.3. The normalized spacial score (nSPS) is 10.2. The number of nitro groups is 1. The zero-order chi connectivity index (χ0) is 15.6. The molecule has 8 heteroatoms. The van der Waals surface area contributed by atoms with Gasteiger partial charge in [-0.3, -0.25) is 14.9 Å². The van der Waals surface area contributed by atoms with Crippen LogP contribution >= 0.6 is 27.5 Å². The molecule has 21 heavy (non-hydrogen) atoms. The van der Waals surface area contributed by atoms with Gasteiger partial charge in [0, 0.05) is 16.6 Å². The van der Waals surface area contributed by atoms with Crippen LogP contribution in [0.15, 0.2) is 40.9 Å². The molecule has 0 atom stereocenters. The summed E-state index contributed by atoms with van der Waals surface area (Å²) in [6, 6.07) is 7.71. The fourth-order valence-corrected chi connectivity index (χ4v) is 2.36. The van der Waals surface area contributed by atoms with Gasteiger partial charge < -0.3 is 5.32 Å². The molecule has 2 rings (SSSR count). The Balaban J connectivity index is 2.30. The van der Waals surface area contributed by atoms with Gasteiger partial charge in [0.1, 0.15) is 5.82 Å². The fourth-order valence-electron chi connectivity index (χ4n) is 1.62. The number of nitrogens with one attached hydrogen (secondary N) is 1. The molecule has 0 saturated carbocycles. The number of hydrogen-bond donors (Lipinski definition) is 1. The molecule has 0 bridgehead atoms. The second-order valence-corrected chi connectivity index (χ2v) is 5.23. The third kappa shape index (κ3) is 3.37. The van der Waals surface area contributed by atoms with Gasteiger partial charge in [0.15, 0.2) is 0 Å². The van der Waals surface area contributed by atoms with Crippen molar-refractivity contribution < 1.29 is 14.1 Å². The van der Waals surface area contributed by atoms with Crippen molar-refractivity contribution in [2.24, 2.45) is 0 Å². The predicted octanol–water partition coefficient (Wildman–Crippen LogP) is 4.40. The molecule has 0 spiro atoms. The minimum atomic E-state index is -0.712. The summed E-state index contributed by atoms with van der Waals surface area (Å²) in [6.07, 6.45) is 0. The summed E-state index contributed by atoms with van der Waals surface area (Å²) < 4.78 is 14.0. The summed E-state index contributed by atoms with van der Waals surface area (Å²) in [4.78, 5) is 22.0. The van der Waals surface area contributed by atoms with Crippen molar-refractivity contribution in [2.45, 2.75) is 0 Å². The number of amides is 1. The lowest BCUT2D eigenvalue weighted by Gasteiger charge is -2.09. The average Bonchev–Trinajstić information content (AvgIpc) is 2.40. The van der Waals surface area contributed by atoms with E-state index in [1.807, 2.05) is 0 Å². The van der Waals surface area contributed by atoms with E-state index in [0.717, 1.165) is 12.1 Å². The number of halogens is 3. The van der Waals surface area contributed by atoms with E-state index in [2.05, 4.69) is 21.2 Å². The van der Waals surface area contributed by atoms with Crippen LogP contribution in [0.1, 0.15) is 10.4 Å². The molecule has 0 fully saturated rings. The van der Waals surface area contributed by atoms with E-state index in [9.17, 15) is 19.3 Å². The number of rotatable bonds is 3. The van der Waals surface area contributed by atoms with E-state index in [1.165, 1.54) is 24.3 Å². The highest BCUT2D eigenvalue weighted by molar-refractivity contribution is 9.10. The zero-order valence-corrected chi connectivity index (χ0v) is 12.6. The van der Waals surface area contributed by atoms with Crippen LogP contribution in [0.25, 0.3) is 0 Å². The molecule has 0 unspecified atom stereocenters. The van der Waals surface area contributed by atoms with Crippen LogP contribution < -0.4 is 5.32 Å². The molecule has 0 saturated heterocycles. The summed E-state index contributed by atoms with van der Waals surface area (Å²) >= 11 is 8.95. The lowest BCUT2D eigenvalue weighted by atomic mass is 10.2. The number of nitro benzene ring substituents is 1. The Bertz CT molecular complexity index is 719. The highest BCUT2D eigenvalue weighted by Crippen LogP contribution is 2.28. The minimum absolute atomic E-state index is 0.00925. The van der Waals surface area contributed by atoms with Gasteiger partial charge in [-0.15, -0.1) is 0 Å². The van der Waals surface area contributed by atoms with Crippen molar-refractivity contribution in [3.63, 3.8) is 0 Å². The highest BCUT2D eigenvalue weighted by Gasteiger charge is 2.17. The first-order valence-electron chi connectivity index (χ1n) is 5.59. The quantitative estimate of drug-likeness (QED) is 0.640. The Kier molecular flexibility index (Phi) is 4.54. The fraction of sp³-hybridized carbons (Fsp3) is 0. The highest BCUT2D eigenvalue weighted by atomic mass is 79.9. The maximum absolute atomic E-state index is 13.7. The lowest BCUT2D eigenvalue weighted by molar-refractivity contribution is -0.384. The van der Waals surface area contributed by atoms with Crippen LogP contribution in [0.3, 0.4) is 0 Å². The van der Waals surface area contributed by atoms with E-state index in [4.69, 9.17) is 11.6 Å². The largest absolute Gasteiger partial charge is 0.320 e. The van der Waals surface area contributed by atoms with Gasteiger partial charge in [0.25, 0.3) is 11.6 Å². The van der Waals surface area contributed by atoms with Gasteiger partial charge in [0.2, 0.25) is 0 Å². The van der Waals surface area contributed by atoms with Gasteiger partial charge in [0.05, 0.1) is 21.2 Å². The summed E-state index contributed by atoms with van der Waals surface area (Å²) in [5.41, 5.74) is -0.223. The van der Waals surface area contributed by atoms with Crippen LogP contribution in [0.2, 0.25) is 5.02 Å². The van der Waals surface area contributed by atoms with Gasteiger partial charge >= 0.3 is 0 Å². The first-order valence-corrected chi connectivity index (χ1v) is 6.76. The van der Waals surface area contributed by atoms with Crippen molar-refractivity contribution in [1.29, 1.82) is 0 Å². The number of benzene rings is 2. The number of hydrogen-bond acceptors (Lipinski definition) is 3. The van der Waals surface area contributed by atoms with Crippen LogP contribution in [0.5, 0.6) is 0 Å². The Morgan fingerprint density at radius 2 is 2.05 bits per heavy atom. The van der Waals surface area contributed by atoms with Gasteiger partial charge in [-0.1, -0.05) is 17.7 Å². The Labute approximate surface area is 132 Å². The molecule has 1 amide bonds. The van der Waals surface area contributed by atoms with Crippen molar-refractivity contribution >= 4 is 44.8 Å². The van der Waals surface area contributed by atoms with Crippen LogP contribution in [-0.4, -0.2) is 10.8 Å². The molecule has 0 aliphatic rings. The SMILES string of the molecule is O=C(Nc1ccc([N+](=O)[O-])cc1Cl)c1c(F)cccc1Br. The minimum Gasteiger partial charge on any atom is -0.320 e. The predicted molar refractivity (Wildman–Crippen MR) is 80.2 cm³/mol. The van der Waals surface area contributed by atoms with E-state index in [-0.39, 0.29) is 26.4 Å². The summed E-state index contributed by atoms with van der Waals surface area (Å²) in [6.45, 7) is 0. The average molecular weight is 374 g/mol. The molecule has 0 aromatic heterocycles. The number of nitrogens with zero attached hydrogens (tertiary/aromatic N) is 1. The van der Waals surface area contributed by atoms with E-state index >= 15 is 0 Å². The number of non-ortho nitro benzene ring substituents is 1. The van der Waals surface area contributed by atoms with Gasteiger partial charge in [-0.05, 0) is 34.1 Å². The Morgan fingerprint density at radius 3 is 2.62 bits per heavy atom. The summed E-state index contributed by atoms with van der Waals surface area (Å²) in [5.74, 6) is -1.41. The second-order valence-electron chi connectivity index (χ2n) is 3.97. The van der Waals surface area contributed by atoms with Gasteiger partial charge in [-0.2, -0.15) is 0 Å². The summed E-state index contributed by atoms with van der Waals surface area (Å²) in [5, 5.41) is 13.0. The van der Waals surface area contributed by atoms with Gasteiger partial charge in [-0.25, -0.2) is 4.39 Å². The topological polar surface area (TPSA) is 72.2 Å². The molecular formula is C13H7BrClFN2O3. The molecule has 0 aliphatic heterocycles. The third-order valence-corrected chi connectivity index (χ3v) is 3.58. The molecular weight excluding hydrogens is 367 g/mol. The molecule has 2 aromatic carbocycles. The van der Waals surface area contributed by atoms with E-state index in [0.29, 0.717) is 0 Å². The lowest BCUT2D eigenvalue weighted by Crippen LogP contribution is -2.14. The Hall–Kier alpha value is -1.99. The Morgan fingerprint density at radius 1 is 1.33 bits per heavy atom. The second kappa shape index (κ2) is 6.19. The molecule has 5 nitrogen and oxygen atoms in total. The van der Waals surface area contributed by atoms with Crippen molar-refractivity contribution in [2.75, 3.05) is 5.32 Å². The van der Waals surface area contributed by atoms with Crippen LogP contribution in [0, 0.1) is 15.9 Å². The monoisotopic (exact) mass is 372 g/mol. The third-order valence-electron chi connectivity index (χ3n) is 2.60. The molecule has 2 aromatic rings. The first kappa shape index (κ1) is 15.4. The maximum Gasteiger partial charge on any atom is 0.271 e. The van der Waals surface area contributed by atoms with Crippen molar-refractivity contribution in [3.8, 4) is 0 Å².